The van der Waals surface area contributed by atoms with E-state index in [2.05, 4.69) is 26.8 Å². The number of imidazole rings is 1. The Labute approximate surface area is 230 Å². The zero-order valence-electron chi connectivity index (χ0n) is 22.4. The first-order valence-corrected chi connectivity index (χ1v) is 13.0. The summed E-state index contributed by atoms with van der Waals surface area (Å²) < 4.78 is 23.5. The van der Waals surface area contributed by atoms with E-state index >= 15 is 4.39 Å². The van der Waals surface area contributed by atoms with Gasteiger partial charge in [-0.05, 0) is 62.7 Å². The summed E-state index contributed by atoms with van der Waals surface area (Å²) in [6.45, 7) is 7.86. The van der Waals surface area contributed by atoms with Crippen molar-refractivity contribution in [2.75, 3.05) is 11.9 Å². The normalized spacial score (nSPS) is 16.9. The molecule has 1 saturated heterocycles. The number of rotatable bonds is 6. The smallest absolute Gasteiger partial charge is 0.246 e. The Morgan fingerprint density at radius 3 is 2.83 bits per heavy atom. The van der Waals surface area contributed by atoms with Gasteiger partial charge in [0.05, 0.1) is 28.6 Å². The number of aryl methyl sites for hydroxylation is 1. The Bertz CT molecular complexity index is 1780. The molecule has 0 spiro atoms. The molecule has 2 atom stereocenters. The maximum Gasteiger partial charge on any atom is 0.246 e. The molecule has 3 aromatic heterocycles. The van der Waals surface area contributed by atoms with Gasteiger partial charge in [0, 0.05) is 42.9 Å². The molecule has 4 heterocycles. The van der Waals surface area contributed by atoms with Gasteiger partial charge in [0.1, 0.15) is 23.3 Å². The maximum atomic E-state index is 15.6. The highest BCUT2D eigenvalue weighted by molar-refractivity contribution is 5.88. The van der Waals surface area contributed by atoms with Crippen LogP contribution in [-0.4, -0.2) is 47.9 Å². The molecule has 1 aliphatic heterocycles. The molecule has 202 valence electrons. The van der Waals surface area contributed by atoms with Crippen molar-refractivity contribution in [2.45, 2.75) is 32.2 Å². The number of likely N-dealkylation sites (tertiary alicyclic amines) is 1. The van der Waals surface area contributed by atoms with Crippen molar-refractivity contribution in [1.29, 1.82) is 0 Å². The highest BCUT2D eigenvalue weighted by Crippen LogP contribution is 2.35. The molecule has 1 amide bonds. The summed E-state index contributed by atoms with van der Waals surface area (Å²) in [5, 5.41) is 3.10. The molecule has 1 N–H and O–H groups in total. The van der Waals surface area contributed by atoms with Crippen LogP contribution in [0.1, 0.15) is 30.5 Å². The monoisotopic (exact) mass is 537 g/mol. The number of benzene rings is 2. The molecule has 0 unspecified atom stereocenters. The summed E-state index contributed by atoms with van der Waals surface area (Å²) in [5.74, 6) is 0.893. The van der Waals surface area contributed by atoms with E-state index in [4.69, 9.17) is 9.72 Å². The summed E-state index contributed by atoms with van der Waals surface area (Å²) in [6.07, 6.45) is 5.29. The van der Waals surface area contributed by atoms with Crippen LogP contribution in [0.5, 0.6) is 11.5 Å². The number of nitrogens with one attached hydrogen (secondary N) is 1. The third-order valence-corrected chi connectivity index (χ3v) is 7.47. The average molecular weight is 538 g/mol. The molecule has 9 nitrogen and oxygen atoms in total. The van der Waals surface area contributed by atoms with E-state index in [0.29, 0.717) is 40.5 Å². The summed E-state index contributed by atoms with van der Waals surface area (Å²) in [7, 11) is 1.92. The number of pyridine rings is 1. The van der Waals surface area contributed by atoms with E-state index in [9.17, 15) is 4.79 Å². The van der Waals surface area contributed by atoms with Gasteiger partial charge in [0.2, 0.25) is 5.91 Å². The molecule has 6 rings (SSSR count). The number of hydrogen-bond donors (Lipinski definition) is 1. The van der Waals surface area contributed by atoms with E-state index in [-0.39, 0.29) is 23.6 Å². The van der Waals surface area contributed by atoms with Crippen LogP contribution < -0.4 is 10.1 Å². The van der Waals surface area contributed by atoms with Crippen LogP contribution in [0, 0.1) is 12.7 Å². The van der Waals surface area contributed by atoms with Crippen LogP contribution >= 0.6 is 0 Å². The highest BCUT2D eigenvalue weighted by Gasteiger charge is 2.33. The van der Waals surface area contributed by atoms with Crippen molar-refractivity contribution in [1.82, 2.24) is 29.4 Å². The predicted molar refractivity (Wildman–Crippen MR) is 151 cm³/mol. The van der Waals surface area contributed by atoms with Gasteiger partial charge in [0.25, 0.3) is 0 Å². The Hall–Kier alpha value is -4.86. The SMILES string of the molecule is C=CC(=O)N1C[C@@H](c2ccc3ncnc(Nc4ccc(Oc5ccc6c(c5)ncn6C)c(C)c4F)c3n2)C[C@@H]1C. The molecule has 1 fully saturated rings. The van der Waals surface area contributed by atoms with Crippen LogP contribution in [0.3, 0.4) is 0 Å². The topological polar surface area (TPSA) is 98.1 Å². The molecule has 5 aromatic rings. The van der Waals surface area contributed by atoms with Gasteiger partial charge in [-0.1, -0.05) is 6.58 Å². The fraction of sp³-hybridized carbons (Fsp3) is 0.233. The van der Waals surface area contributed by atoms with Gasteiger partial charge < -0.3 is 19.5 Å². The van der Waals surface area contributed by atoms with Crippen molar-refractivity contribution in [2.24, 2.45) is 7.05 Å². The lowest BCUT2D eigenvalue weighted by Gasteiger charge is -2.19. The first-order valence-electron chi connectivity index (χ1n) is 13.0. The van der Waals surface area contributed by atoms with E-state index in [1.807, 2.05) is 48.9 Å². The molecule has 0 aliphatic carbocycles. The number of carbonyl (C=O) groups is 1. The maximum absolute atomic E-state index is 15.6. The molecular formula is C30H28FN7O2. The van der Waals surface area contributed by atoms with E-state index < -0.39 is 5.82 Å². The average Bonchev–Trinajstić information content (AvgIpc) is 3.54. The Kier molecular flexibility index (Phi) is 6.37. The summed E-state index contributed by atoms with van der Waals surface area (Å²) in [6, 6.07) is 12.8. The van der Waals surface area contributed by atoms with Crippen molar-refractivity contribution in [3.8, 4) is 11.5 Å². The molecule has 1 aliphatic rings. The zero-order valence-corrected chi connectivity index (χ0v) is 22.4. The lowest BCUT2D eigenvalue weighted by atomic mass is 10.0. The largest absolute Gasteiger partial charge is 0.457 e. The van der Waals surface area contributed by atoms with Crippen LogP contribution in [0.15, 0.2) is 67.8 Å². The lowest BCUT2D eigenvalue weighted by molar-refractivity contribution is -0.126. The van der Waals surface area contributed by atoms with Gasteiger partial charge in [-0.3, -0.25) is 4.79 Å². The standard InChI is InChI=1S/C30H28FN7O2/c1-5-27(39)38-14-19(12-17(38)2)21-7-8-23-29(35-21)30(33-15-32-23)36-22-9-11-26(18(3)28(22)31)40-20-6-10-25-24(13-20)34-16-37(25)4/h5-11,13,15-17,19H,1,12,14H2,2-4H3,(H,32,33,36)/t17-,19-/m0/s1. The minimum atomic E-state index is -0.456. The van der Waals surface area contributed by atoms with Crippen LogP contribution in [0.4, 0.5) is 15.9 Å². The second-order valence-electron chi connectivity index (χ2n) is 10.1. The fourth-order valence-corrected chi connectivity index (χ4v) is 5.25. The van der Waals surface area contributed by atoms with E-state index in [1.54, 1.807) is 30.3 Å². The summed E-state index contributed by atoms with van der Waals surface area (Å²) in [4.78, 5) is 31.9. The minimum absolute atomic E-state index is 0.0667. The quantitative estimate of drug-likeness (QED) is 0.274. The molecule has 0 radical (unpaired) electrons. The number of anilines is 2. The van der Waals surface area contributed by atoms with E-state index in [1.165, 1.54) is 12.4 Å². The second kappa shape index (κ2) is 10.0. The number of halogens is 1. The molecule has 0 bridgehead atoms. The van der Waals surface area contributed by atoms with Gasteiger partial charge in [0.15, 0.2) is 11.6 Å². The number of nitrogens with zero attached hydrogens (tertiary/aromatic N) is 6. The number of fused-ring (bicyclic) bond motifs is 2. The number of ether oxygens (including phenoxy) is 1. The highest BCUT2D eigenvalue weighted by atomic mass is 19.1. The minimum Gasteiger partial charge on any atom is -0.457 e. The first kappa shape index (κ1) is 25.4. The molecule has 2 aromatic carbocycles. The van der Waals surface area contributed by atoms with Crippen molar-refractivity contribution >= 4 is 39.5 Å². The number of carbonyl (C=O) groups excluding carboxylic acids is 1. The van der Waals surface area contributed by atoms with Gasteiger partial charge >= 0.3 is 0 Å². The van der Waals surface area contributed by atoms with Crippen molar-refractivity contribution in [3.63, 3.8) is 0 Å². The van der Waals surface area contributed by atoms with Crippen molar-refractivity contribution in [3.05, 3.63) is 84.8 Å². The van der Waals surface area contributed by atoms with E-state index in [0.717, 1.165) is 23.1 Å². The van der Waals surface area contributed by atoms with Crippen molar-refractivity contribution < 1.29 is 13.9 Å². The van der Waals surface area contributed by atoms with Gasteiger partial charge in [-0.15, -0.1) is 0 Å². The lowest BCUT2D eigenvalue weighted by Crippen LogP contribution is -2.32. The molecule has 0 saturated carbocycles. The van der Waals surface area contributed by atoms with Crippen LogP contribution in [-0.2, 0) is 11.8 Å². The third kappa shape index (κ3) is 4.51. The van der Waals surface area contributed by atoms with Crippen LogP contribution in [0.2, 0.25) is 0 Å². The zero-order chi connectivity index (χ0) is 28.0. The number of hydrogen-bond acceptors (Lipinski definition) is 7. The molecular weight excluding hydrogens is 509 g/mol. The van der Waals surface area contributed by atoms with Gasteiger partial charge in [-0.2, -0.15) is 0 Å². The fourth-order valence-electron chi connectivity index (χ4n) is 5.25. The summed E-state index contributed by atoms with van der Waals surface area (Å²) >= 11 is 0. The Morgan fingerprint density at radius 1 is 1.15 bits per heavy atom. The van der Waals surface area contributed by atoms with Gasteiger partial charge in [-0.25, -0.2) is 24.3 Å². The predicted octanol–water partition coefficient (Wildman–Crippen LogP) is 5.79. The Morgan fingerprint density at radius 2 is 2.00 bits per heavy atom. The second-order valence-corrected chi connectivity index (χ2v) is 10.1. The summed E-state index contributed by atoms with van der Waals surface area (Å²) in [5.41, 5.74) is 4.37. The number of amides is 1. The molecule has 40 heavy (non-hydrogen) atoms. The Balaban J connectivity index is 1.27. The van der Waals surface area contributed by atoms with Crippen LogP contribution in [0.25, 0.3) is 22.1 Å². The number of aromatic nitrogens is 5. The third-order valence-electron chi connectivity index (χ3n) is 7.47. The molecule has 10 heteroatoms. The first-order chi connectivity index (χ1) is 19.3.